The number of aromatic nitrogens is 4. The van der Waals surface area contributed by atoms with Crippen molar-refractivity contribution in [1.29, 1.82) is 0 Å². The molecule has 4 rings (SSSR count). The highest BCUT2D eigenvalue weighted by atomic mass is 35.5. The van der Waals surface area contributed by atoms with Crippen LogP contribution in [0.5, 0.6) is 0 Å². The normalized spacial score (nSPS) is 31.2. The SMILES string of the molecule is ClCC1(Cc2nnnn2-c2ccccc2)CC2CC2C1. The van der Waals surface area contributed by atoms with Crippen molar-refractivity contribution in [3.8, 4) is 5.69 Å². The van der Waals surface area contributed by atoms with Crippen LogP contribution >= 0.6 is 11.6 Å². The second-order valence-electron chi connectivity index (χ2n) is 6.32. The standard InChI is InChI=1S/C15H17ClN4/c16-10-15(7-11-6-12(11)8-15)9-14-17-18-19-20(14)13-4-2-1-3-5-13/h1-5,11-12H,6-10H2. The summed E-state index contributed by atoms with van der Waals surface area (Å²) in [5, 5.41) is 12.2. The Kier molecular flexibility index (Phi) is 2.81. The zero-order valence-electron chi connectivity index (χ0n) is 11.2. The molecule has 0 bridgehead atoms. The minimum Gasteiger partial charge on any atom is -0.197 e. The number of alkyl halides is 1. The van der Waals surface area contributed by atoms with Gasteiger partial charge in [0.05, 0.1) is 5.69 Å². The summed E-state index contributed by atoms with van der Waals surface area (Å²) in [6.07, 6.45) is 4.76. The summed E-state index contributed by atoms with van der Waals surface area (Å²) in [5.41, 5.74) is 1.22. The van der Waals surface area contributed by atoms with E-state index in [-0.39, 0.29) is 5.41 Å². The number of nitrogens with zero attached hydrogens (tertiary/aromatic N) is 4. The molecular weight excluding hydrogens is 272 g/mol. The number of hydrogen-bond donors (Lipinski definition) is 0. The van der Waals surface area contributed by atoms with E-state index in [0.29, 0.717) is 5.88 Å². The molecule has 2 aliphatic rings. The topological polar surface area (TPSA) is 43.6 Å². The van der Waals surface area contributed by atoms with Crippen molar-refractivity contribution in [2.45, 2.75) is 25.7 Å². The third-order valence-corrected chi connectivity index (χ3v) is 5.38. The van der Waals surface area contributed by atoms with Gasteiger partial charge in [-0.25, -0.2) is 0 Å². The summed E-state index contributed by atoms with van der Waals surface area (Å²) in [5.74, 6) is 3.46. The number of benzene rings is 1. The molecule has 0 spiro atoms. The predicted molar refractivity (Wildman–Crippen MR) is 76.8 cm³/mol. The van der Waals surface area contributed by atoms with Gasteiger partial charge in [-0.15, -0.1) is 16.7 Å². The molecule has 20 heavy (non-hydrogen) atoms. The highest BCUT2D eigenvalue weighted by Crippen LogP contribution is 2.61. The van der Waals surface area contributed by atoms with Crippen molar-refractivity contribution in [3.63, 3.8) is 0 Å². The molecule has 2 fully saturated rings. The monoisotopic (exact) mass is 288 g/mol. The predicted octanol–water partition coefficient (Wildman–Crippen LogP) is 2.86. The molecule has 2 atom stereocenters. The number of fused-ring (bicyclic) bond motifs is 1. The minimum atomic E-state index is 0.205. The van der Waals surface area contributed by atoms with E-state index < -0.39 is 0 Å². The fourth-order valence-electron chi connectivity index (χ4n) is 3.73. The molecule has 2 aliphatic carbocycles. The molecule has 104 valence electrons. The molecule has 2 saturated carbocycles. The first-order valence-corrected chi connectivity index (χ1v) is 7.72. The van der Waals surface area contributed by atoms with Gasteiger partial charge in [-0.05, 0) is 59.1 Å². The lowest BCUT2D eigenvalue weighted by molar-refractivity contribution is 0.294. The van der Waals surface area contributed by atoms with Gasteiger partial charge in [-0.2, -0.15) is 4.68 Å². The number of tetrazole rings is 1. The van der Waals surface area contributed by atoms with E-state index in [1.807, 2.05) is 35.0 Å². The fourth-order valence-corrected chi connectivity index (χ4v) is 4.04. The van der Waals surface area contributed by atoms with E-state index in [1.165, 1.54) is 19.3 Å². The van der Waals surface area contributed by atoms with E-state index in [1.54, 1.807) is 0 Å². The molecule has 2 aromatic rings. The smallest absolute Gasteiger partial charge is 0.157 e. The van der Waals surface area contributed by atoms with Crippen LogP contribution in [0.4, 0.5) is 0 Å². The first-order chi connectivity index (χ1) is 9.80. The summed E-state index contributed by atoms with van der Waals surface area (Å²) < 4.78 is 1.85. The van der Waals surface area contributed by atoms with Crippen molar-refractivity contribution < 1.29 is 0 Å². The first kappa shape index (κ1) is 12.3. The quantitative estimate of drug-likeness (QED) is 0.813. The second-order valence-corrected chi connectivity index (χ2v) is 6.58. The Labute approximate surface area is 123 Å². The summed E-state index contributed by atoms with van der Waals surface area (Å²) >= 11 is 6.29. The molecule has 0 radical (unpaired) electrons. The molecule has 0 aliphatic heterocycles. The van der Waals surface area contributed by atoms with Crippen LogP contribution in [-0.2, 0) is 6.42 Å². The van der Waals surface area contributed by atoms with Gasteiger partial charge in [0.2, 0.25) is 0 Å². The summed E-state index contributed by atoms with van der Waals surface area (Å²) in [6.45, 7) is 0. The molecule has 1 aromatic heterocycles. The molecule has 0 amide bonds. The van der Waals surface area contributed by atoms with Crippen LogP contribution in [0.3, 0.4) is 0 Å². The van der Waals surface area contributed by atoms with Crippen molar-refractivity contribution in [1.82, 2.24) is 20.2 Å². The van der Waals surface area contributed by atoms with Gasteiger partial charge in [0.25, 0.3) is 0 Å². The number of para-hydroxylation sites is 1. The first-order valence-electron chi connectivity index (χ1n) is 7.18. The van der Waals surface area contributed by atoms with Gasteiger partial charge in [0.15, 0.2) is 5.82 Å². The molecule has 0 saturated heterocycles. The summed E-state index contributed by atoms with van der Waals surface area (Å²) in [4.78, 5) is 0. The zero-order chi connectivity index (χ0) is 13.6. The molecule has 2 unspecified atom stereocenters. The lowest BCUT2D eigenvalue weighted by atomic mass is 9.81. The van der Waals surface area contributed by atoms with Crippen LogP contribution in [0, 0.1) is 17.3 Å². The van der Waals surface area contributed by atoms with Crippen LogP contribution in [0.15, 0.2) is 30.3 Å². The van der Waals surface area contributed by atoms with E-state index in [0.717, 1.165) is 29.8 Å². The molecule has 1 heterocycles. The third-order valence-electron chi connectivity index (χ3n) is 4.81. The lowest BCUT2D eigenvalue weighted by Crippen LogP contribution is -2.26. The van der Waals surface area contributed by atoms with Crippen molar-refractivity contribution in [2.75, 3.05) is 5.88 Å². The molecular formula is C15H17ClN4. The second kappa shape index (κ2) is 4.55. The highest BCUT2D eigenvalue weighted by molar-refractivity contribution is 6.18. The van der Waals surface area contributed by atoms with Crippen LogP contribution in [-0.4, -0.2) is 26.1 Å². The molecule has 4 nitrogen and oxygen atoms in total. The maximum absolute atomic E-state index is 6.29. The average Bonchev–Trinajstić information content (AvgIpc) is 2.90. The molecule has 5 heteroatoms. The Morgan fingerprint density at radius 2 is 1.95 bits per heavy atom. The van der Waals surface area contributed by atoms with Gasteiger partial charge in [-0.3, -0.25) is 0 Å². The maximum atomic E-state index is 6.29. The van der Waals surface area contributed by atoms with Gasteiger partial charge < -0.3 is 0 Å². The Morgan fingerprint density at radius 3 is 2.65 bits per heavy atom. The van der Waals surface area contributed by atoms with Crippen molar-refractivity contribution >= 4 is 11.6 Å². The molecule has 1 aromatic carbocycles. The minimum absolute atomic E-state index is 0.205. The van der Waals surface area contributed by atoms with E-state index in [4.69, 9.17) is 11.6 Å². The van der Waals surface area contributed by atoms with Gasteiger partial charge in [-0.1, -0.05) is 18.2 Å². The van der Waals surface area contributed by atoms with Crippen molar-refractivity contribution in [2.24, 2.45) is 17.3 Å². The van der Waals surface area contributed by atoms with E-state index >= 15 is 0 Å². The van der Waals surface area contributed by atoms with Gasteiger partial charge >= 0.3 is 0 Å². The fraction of sp³-hybridized carbons (Fsp3) is 0.533. The van der Waals surface area contributed by atoms with Crippen LogP contribution < -0.4 is 0 Å². The van der Waals surface area contributed by atoms with E-state index in [9.17, 15) is 0 Å². The molecule has 0 N–H and O–H groups in total. The summed E-state index contributed by atoms with van der Waals surface area (Å²) in [6, 6.07) is 10.1. The number of rotatable bonds is 4. The largest absolute Gasteiger partial charge is 0.197 e. The Morgan fingerprint density at radius 1 is 1.20 bits per heavy atom. The Bertz CT molecular complexity index is 599. The number of halogens is 1. The van der Waals surface area contributed by atoms with Crippen LogP contribution in [0.1, 0.15) is 25.1 Å². The zero-order valence-corrected chi connectivity index (χ0v) is 12.0. The van der Waals surface area contributed by atoms with Crippen LogP contribution in [0.25, 0.3) is 5.69 Å². The van der Waals surface area contributed by atoms with Crippen molar-refractivity contribution in [3.05, 3.63) is 36.2 Å². The average molecular weight is 289 g/mol. The summed E-state index contributed by atoms with van der Waals surface area (Å²) in [7, 11) is 0. The highest BCUT2D eigenvalue weighted by Gasteiger charge is 2.53. The number of hydrogen-bond acceptors (Lipinski definition) is 3. The van der Waals surface area contributed by atoms with Gasteiger partial charge in [0.1, 0.15) is 0 Å². The Hall–Kier alpha value is -1.42. The van der Waals surface area contributed by atoms with Gasteiger partial charge in [0, 0.05) is 12.3 Å². The lowest BCUT2D eigenvalue weighted by Gasteiger charge is -2.27. The van der Waals surface area contributed by atoms with E-state index in [2.05, 4.69) is 15.5 Å². The maximum Gasteiger partial charge on any atom is 0.157 e. The van der Waals surface area contributed by atoms with Crippen LogP contribution in [0.2, 0.25) is 0 Å². The Balaban J connectivity index is 1.62. The third kappa shape index (κ3) is 2.03.